The third-order valence-electron chi connectivity index (χ3n) is 10.5. The predicted octanol–water partition coefficient (Wildman–Crippen LogP) is 12.4. The lowest BCUT2D eigenvalue weighted by atomic mass is 9.81. The molecule has 9 aromatic rings. The molecule has 0 saturated heterocycles. The van der Waals surface area contributed by atoms with E-state index in [-0.39, 0.29) is 11.6 Å². The highest BCUT2D eigenvalue weighted by Gasteiger charge is 2.30. The molecule has 0 aliphatic heterocycles. The van der Waals surface area contributed by atoms with Gasteiger partial charge in [0.05, 0.1) is 11.0 Å². The van der Waals surface area contributed by atoms with Crippen LogP contribution in [0.3, 0.4) is 0 Å². The zero-order valence-electron chi connectivity index (χ0n) is 29.2. The summed E-state index contributed by atoms with van der Waals surface area (Å²) in [5.41, 5.74) is 12.0. The third-order valence-corrected chi connectivity index (χ3v) is 10.5. The lowest BCUT2D eigenvalue weighted by Gasteiger charge is -2.25. The number of carbonyl (C=O) groups is 2. The lowest BCUT2D eigenvalue weighted by Crippen LogP contribution is -2.21. The van der Waals surface area contributed by atoms with Gasteiger partial charge >= 0.3 is 0 Å². The molecule has 8 aromatic carbocycles. The fourth-order valence-electron chi connectivity index (χ4n) is 7.92. The molecule has 1 aromatic heterocycles. The Labute approximate surface area is 312 Å². The minimum Gasteiger partial charge on any atom is -0.311 e. The molecule has 54 heavy (non-hydrogen) atoms. The molecule has 1 aliphatic carbocycles. The van der Waals surface area contributed by atoms with Crippen molar-refractivity contribution >= 4 is 50.4 Å². The number of para-hydroxylation sites is 4. The van der Waals surface area contributed by atoms with Crippen molar-refractivity contribution in [2.24, 2.45) is 0 Å². The van der Waals surface area contributed by atoms with Crippen molar-refractivity contribution in [2.45, 2.75) is 0 Å². The molecule has 1 heterocycles. The van der Waals surface area contributed by atoms with E-state index < -0.39 is 0 Å². The van der Waals surface area contributed by atoms with Gasteiger partial charge in [-0.15, -0.1) is 0 Å². The van der Waals surface area contributed by atoms with Gasteiger partial charge in [0.2, 0.25) is 0 Å². The molecule has 0 N–H and O–H groups in total. The number of carbonyl (C=O) groups excluding carboxylic acids is 2. The van der Waals surface area contributed by atoms with E-state index in [1.165, 1.54) is 10.8 Å². The molecule has 0 fully saturated rings. The Hall–Kier alpha value is -7.30. The molecule has 4 nitrogen and oxygen atoms in total. The molecule has 0 unspecified atom stereocenters. The van der Waals surface area contributed by atoms with Gasteiger partial charge in [0.1, 0.15) is 0 Å². The number of nitrogens with zero attached hydrogens (tertiary/aromatic N) is 2. The van der Waals surface area contributed by atoms with Gasteiger partial charge in [0.25, 0.3) is 0 Å². The first kappa shape index (κ1) is 31.4. The Morgan fingerprint density at radius 3 is 1.20 bits per heavy atom. The maximum Gasteiger partial charge on any atom is 0.194 e. The number of hydrogen-bond donors (Lipinski definition) is 0. The fraction of sp³-hybridized carbons (Fsp3) is 0. The minimum atomic E-state index is -0.134. The smallest absolute Gasteiger partial charge is 0.194 e. The summed E-state index contributed by atoms with van der Waals surface area (Å²) < 4.78 is 2.28. The van der Waals surface area contributed by atoms with E-state index in [1.54, 1.807) is 12.1 Å². The van der Waals surface area contributed by atoms with E-state index in [2.05, 4.69) is 131 Å². The highest BCUT2D eigenvalue weighted by atomic mass is 16.1. The van der Waals surface area contributed by atoms with Gasteiger partial charge in [-0.25, -0.2) is 0 Å². The first-order valence-corrected chi connectivity index (χ1v) is 18.1. The molecule has 254 valence electrons. The molecule has 10 rings (SSSR count). The fourth-order valence-corrected chi connectivity index (χ4v) is 7.92. The molecule has 0 bridgehead atoms. The van der Waals surface area contributed by atoms with Gasteiger partial charge in [0, 0.05) is 55.8 Å². The van der Waals surface area contributed by atoms with Gasteiger partial charge in [-0.3, -0.25) is 9.59 Å². The standard InChI is InChI=1S/C50H32N2O2/c53-49-44-30-24-36(34-21-27-40(28-22-34)52-47-17-9-7-15-41(47)42-16-8-10-18-48(42)52)32-46(44)50(54)43-29-23-35(31-45(43)49)33-19-25-39(26-20-33)51(37-11-3-1-4-12-37)38-13-5-2-6-14-38/h1-32H. The predicted molar refractivity (Wildman–Crippen MR) is 220 cm³/mol. The van der Waals surface area contributed by atoms with Gasteiger partial charge in [0.15, 0.2) is 11.6 Å². The maximum absolute atomic E-state index is 14.0. The number of hydrogen-bond acceptors (Lipinski definition) is 3. The second-order valence-corrected chi connectivity index (χ2v) is 13.6. The first-order chi connectivity index (χ1) is 26.6. The summed E-state index contributed by atoms with van der Waals surface area (Å²) in [6, 6.07) is 65.4. The SMILES string of the molecule is O=C1c2ccc(-c3ccc(-n4c5ccccc5c5ccccc54)cc3)cc2C(=O)c2ccc(-c3ccc(N(c4ccccc4)c4ccccc4)cc3)cc21. The van der Waals surface area contributed by atoms with Crippen molar-refractivity contribution in [2.75, 3.05) is 4.90 Å². The van der Waals surface area contributed by atoms with E-state index in [0.29, 0.717) is 22.3 Å². The van der Waals surface area contributed by atoms with Gasteiger partial charge in [-0.2, -0.15) is 0 Å². The summed E-state index contributed by atoms with van der Waals surface area (Å²) in [6.07, 6.45) is 0. The van der Waals surface area contributed by atoms with Crippen LogP contribution in [0.1, 0.15) is 31.8 Å². The zero-order valence-corrected chi connectivity index (χ0v) is 29.2. The van der Waals surface area contributed by atoms with Crippen LogP contribution in [0, 0.1) is 0 Å². The molecular weight excluding hydrogens is 661 g/mol. The van der Waals surface area contributed by atoms with Crippen molar-refractivity contribution in [3.8, 4) is 27.9 Å². The number of rotatable bonds is 6. The van der Waals surface area contributed by atoms with Crippen LogP contribution >= 0.6 is 0 Å². The quantitative estimate of drug-likeness (QED) is 0.174. The van der Waals surface area contributed by atoms with Crippen molar-refractivity contribution in [1.29, 1.82) is 0 Å². The van der Waals surface area contributed by atoms with Crippen LogP contribution < -0.4 is 4.90 Å². The second-order valence-electron chi connectivity index (χ2n) is 13.6. The summed E-state index contributed by atoms with van der Waals surface area (Å²) in [5.74, 6) is -0.266. The maximum atomic E-state index is 14.0. The molecule has 0 atom stereocenters. The van der Waals surface area contributed by atoms with Gasteiger partial charge in [-0.05, 0) is 107 Å². The number of ketones is 2. The Bertz CT molecular complexity index is 2800. The van der Waals surface area contributed by atoms with Crippen LogP contribution in [0.15, 0.2) is 194 Å². The zero-order chi connectivity index (χ0) is 36.2. The lowest BCUT2D eigenvalue weighted by molar-refractivity contribution is 0.0979. The van der Waals surface area contributed by atoms with Crippen LogP contribution in [0.25, 0.3) is 49.7 Å². The highest BCUT2D eigenvalue weighted by molar-refractivity contribution is 6.29. The normalized spacial score (nSPS) is 12.1. The third kappa shape index (κ3) is 5.15. The summed E-state index contributed by atoms with van der Waals surface area (Å²) in [6.45, 7) is 0. The average molecular weight is 693 g/mol. The molecule has 0 saturated carbocycles. The van der Waals surface area contributed by atoms with Crippen LogP contribution in [-0.2, 0) is 0 Å². The van der Waals surface area contributed by atoms with Gasteiger partial charge in [-0.1, -0.05) is 109 Å². The van der Waals surface area contributed by atoms with Crippen molar-refractivity contribution in [1.82, 2.24) is 4.57 Å². The van der Waals surface area contributed by atoms with Crippen molar-refractivity contribution in [3.63, 3.8) is 0 Å². The van der Waals surface area contributed by atoms with Crippen molar-refractivity contribution in [3.05, 3.63) is 216 Å². The summed E-state index contributed by atoms with van der Waals surface area (Å²) >= 11 is 0. The number of aromatic nitrogens is 1. The Morgan fingerprint density at radius 2 is 0.722 bits per heavy atom. The van der Waals surface area contributed by atoms with E-state index in [4.69, 9.17) is 0 Å². The monoisotopic (exact) mass is 692 g/mol. The van der Waals surface area contributed by atoms with Crippen LogP contribution in [0.5, 0.6) is 0 Å². The Kier molecular flexibility index (Phi) is 7.41. The topological polar surface area (TPSA) is 42.3 Å². The van der Waals surface area contributed by atoms with Crippen LogP contribution in [-0.4, -0.2) is 16.1 Å². The van der Waals surface area contributed by atoms with E-state index in [1.807, 2.05) is 60.7 Å². The van der Waals surface area contributed by atoms with E-state index in [9.17, 15) is 9.59 Å². The molecule has 4 heteroatoms. The second kappa shape index (κ2) is 12.7. The summed E-state index contributed by atoms with van der Waals surface area (Å²) in [5, 5.41) is 2.43. The molecule has 0 spiro atoms. The Balaban J connectivity index is 0.943. The highest BCUT2D eigenvalue weighted by Crippen LogP contribution is 2.38. The van der Waals surface area contributed by atoms with E-state index >= 15 is 0 Å². The number of benzene rings is 8. The Morgan fingerprint density at radius 1 is 0.333 bits per heavy atom. The molecule has 1 aliphatic rings. The summed E-state index contributed by atoms with van der Waals surface area (Å²) in [7, 11) is 0. The minimum absolute atomic E-state index is 0.133. The van der Waals surface area contributed by atoms with Gasteiger partial charge < -0.3 is 9.47 Å². The number of fused-ring (bicyclic) bond motifs is 5. The molecule has 0 radical (unpaired) electrons. The summed E-state index contributed by atoms with van der Waals surface area (Å²) in [4.78, 5) is 30.2. The number of anilines is 3. The largest absolute Gasteiger partial charge is 0.311 e. The van der Waals surface area contributed by atoms with Crippen LogP contribution in [0.2, 0.25) is 0 Å². The molecule has 0 amide bonds. The first-order valence-electron chi connectivity index (χ1n) is 18.1. The average Bonchev–Trinajstić information content (AvgIpc) is 3.58. The van der Waals surface area contributed by atoms with E-state index in [0.717, 1.165) is 56.0 Å². The van der Waals surface area contributed by atoms with Crippen LogP contribution in [0.4, 0.5) is 17.1 Å². The van der Waals surface area contributed by atoms with Crippen molar-refractivity contribution < 1.29 is 9.59 Å². The molecular formula is C50H32N2O2.